The number of allylic oxidation sites excluding steroid dienone is 5. The third-order valence-electron chi connectivity index (χ3n) is 2.86. The molecule has 0 fully saturated rings. The van der Waals surface area contributed by atoms with Crippen molar-refractivity contribution in [2.75, 3.05) is 0 Å². The number of hydrogen-bond donors (Lipinski definition) is 1. The Labute approximate surface area is 144 Å². The molecule has 0 radical (unpaired) electrons. The quantitative estimate of drug-likeness (QED) is 0.466. The lowest BCUT2D eigenvalue weighted by Gasteiger charge is -2.14. The van der Waals surface area contributed by atoms with E-state index < -0.39 is 17.9 Å². The minimum atomic E-state index is -5.01. The summed E-state index contributed by atoms with van der Waals surface area (Å²) in [7, 11) is 0. The summed E-state index contributed by atoms with van der Waals surface area (Å²) >= 11 is 0. The summed E-state index contributed by atoms with van der Waals surface area (Å²) in [6, 6.07) is 2.16. The van der Waals surface area contributed by atoms with Crippen LogP contribution in [0.5, 0.6) is 5.75 Å². The molecule has 0 aliphatic carbocycles. The van der Waals surface area contributed by atoms with Gasteiger partial charge >= 0.3 is 6.36 Å². The monoisotopic (exact) mass is 351 g/mol. The smallest absolute Gasteiger partial charge is 0.402 e. The van der Waals surface area contributed by atoms with Gasteiger partial charge in [0.2, 0.25) is 0 Å². The first kappa shape index (κ1) is 20.1. The number of benzene rings is 1. The summed E-state index contributed by atoms with van der Waals surface area (Å²) in [6.07, 6.45) is -0.147. The van der Waals surface area contributed by atoms with Crippen molar-refractivity contribution in [3.05, 3.63) is 71.7 Å². The Bertz CT molecular complexity index is 805. The molecule has 0 bridgehead atoms. The Hall–Kier alpha value is -2.94. The van der Waals surface area contributed by atoms with Crippen molar-refractivity contribution in [1.82, 2.24) is 0 Å². The van der Waals surface area contributed by atoms with E-state index in [9.17, 15) is 17.6 Å². The van der Waals surface area contributed by atoms with Crippen molar-refractivity contribution in [2.24, 2.45) is 5.73 Å². The Kier molecular flexibility index (Phi) is 6.63. The third kappa shape index (κ3) is 6.60. The molecule has 0 aliphatic rings. The Morgan fingerprint density at radius 3 is 2.36 bits per heavy atom. The molecule has 0 unspecified atom stereocenters. The van der Waals surface area contributed by atoms with Gasteiger partial charge in [0.1, 0.15) is 0 Å². The van der Waals surface area contributed by atoms with Gasteiger partial charge in [0, 0.05) is 22.4 Å². The van der Waals surface area contributed by atoms with Crippen LogP contribution in [0.25, 0.3) is 5.57 Å². The highest BCUT2D eigenvalue weighted by molar-refractivity contribution is 5.69. The topological polar surface area (TPSA) is 35.2 Å². The molecule has 0 amide bonds. The van der Waals surface area contributed by atoms with Crippen LogP contribution < -0.4 is 10.5 Å². The van der Waals surface area contributed by atoms with Gasteiger partial charge in [-0.15, -0.1) is 13.2 Å². The standard InChI is InChI=1S/C19H17F4NO/c1-5-14(7-6-13(4)24)8-9-15-10-16(12(2)3)18(17(20)11-15)25-19(21,22)23/h5-7,10-11H,2,4,24H2,1,3H3/b7-6-,14-5+. The largest absolute Gasteiger partial charge is 0.573 e. The van der Waals surface area contributed by atoms with Gasteiger partial charge in [0.05, 0.1) is 0 Å². The highest BCUT2D eigenvalue weighted by Crippen LogP contribution is 2.33. The highest BCUT2D eigenvalue weighted by atomic mass is 19.4. The number of alkyl halides is 3. The lowest BCUT2D eigenvalue weighted by Crippen LogP contribution is -2.19. The van der Waals surface area contributed by atoms with Crippen LogP contribution in [0.15, 0.2) is 54.8 Å². The zero-order valence-electron chi connectivity index (χ0n) is 13.8. The average Bonchev–Trinajstić information content (AvgIpc) is 2.48. The number of ether oxygens (including phenoxy) is 1. The van der Waals surface area contributed by atoms with E-state index in [1.54, 1.807) is 25.2 Å². The molecule has 25 heavy (non-hydrogen) atoms. The van der Waals surface area contributed by atoms with E-state index in [0.29, 0.717) is 11.3 Å². The van der Waals surface area contributed by atoms with Gasteiger partial charge < -0.3 is 10.5 Å². The lowest BCUT2D eigenvalue weighted by molar-refractivity contribution is -0.275. The fourth-order valence-corrected chi connectivity index (χ4v) is 1.75. The first-order valence-corrected chi connectivity index (χ1v) is 7.09. The molecule has 1 rings (SSSR count). The van der Waals surface area contributed by atoms with Crippen LogP contribution in [0.3, 0.4) is 0 Å². The summed E-state index contributed by atoms with van der Waals surface area (Å²) in [4.78, 5) is 0. The Balaban J connectivity index is 3.31. The number of rotatable bonds is 4. The predicted octanol–water partition coefficient (Wildman–Crippen LogP) is 5.08. The molecule has 1 aromatic carbocycles. The molecule has 1 aromatic rings. The fourth-order valence-electron chi connectivity index (χ4n) is 1.75. The summed E-state index contributed by atoms with van der Waals surface area (Å²) in [6.45, 7) is 10.3. The molecule has 0 spiro atoms. The zero-order chi connectivity index (χ0) is 19.2. The molecular formula is C19H17F4NO. The van der Waals surface area contributed by atoms with Crippen molar-refractivity contribution in [3.8, 4) is 17.6 Å². The summed E-state index contributed by atoms with van der Waals surface area (Å²) < 4.78 is 55.1. The van der Waals surface area contributed by atoms with E-state index in [2.05, 4.69) is 29.7 Å². The summed E-state index contributed by atoms with van der Waals surface area (Å²) in [5.74, 6) is 3.37. The molecule has 0 aromatic heterocycles. The minimum Gasteiger partial charge on any atom is -0.402 e. The molecule has 2 N–H and O–H groups in total. The SMILES string of the molecule is C=C(N)/C=C\C(C#Cc1cc(F)c(OC(F)(F)F)c(C(=C)C)c1)=C/C. The maximum absolute atomic E-state index is 14.1. The maximum Gasteiger partial charge on any atom is 0.573 e. The average molecular weight is 351 g/mol. The van der Waals surface area contributed by atoms with Crippen LogP contribution in [0, 0.1) is 17.7 Å². The van der Waals surface area contributed by atoms with Crippen LogP contribution in [-0.2, 0) is 0 Å². The highest BCUT2D eigenvalue weighted by Gasteiger charge is 2.33. The zero-order valence-corrected chi connectivity index (χ0v) is 13.8. The number of halogens is 4. The second kappa shape index (κ2) is 8.25. The van der Waals surface area contributed by atoms with Gasteiger partial charge in [-0.1, -0.05) is 31.1 Å². The minimum absolute atomic E-state index is 0.102. The van der Waals surface area contributed by atoms with Crippen molar-refractivity contribution in [2.45, 2.75) is 20.2 Å². The summed E-state index contributed by atoms with van der Waals surface area (Å²) in [5.41, 5.74) is 6.64. The molecule has 0 heterocycles. The molecule has 0 saturated heterocycles. The molecular weight excluding hydrogens is 334 g/mol. The number of nitrogens with two attached hydrogens (primary N) is 1. The molecule has 0 aliphatic heterocycles. The Morgan fingerprint density at radius 2 is 1.88 bits per heavy atom. The Morgan fingerprint density at radius 1 is 1.24 bits per heavy atom. The van der Waals surface area contributed by atoms with Gasteiger partial charge in [0.25, 0.3) is 0 Å². The van der Waals surface area contributed by atoms with Crippen molar-refractivity contribution in [3.63, 3.8) is 0 Å². The second-order valence-corrected chi connectivity index (χ2v) is 5.07. The molecule has 0 saturated carbocycles. The maximum atomic E-state index is 14.1. The first-order valence-electron chi connectivity index (χ1n) is 7.09. The lowest BCUT2D eigenvalue weighted by atomic mass is 10.0. The van der Waals surface area contributed by atoms with Crippen molar-refractivity contribution >= 4 is 5.57 Å². The second-order valence-electron chi connectivity index (χ2n) is 5.07. The van der Waals surface area contributed by atoms with E-state index in [4.69, 9.17) is 5.73 Å². The van der Waals surface area contributed by atoms with Gasteiger partial charge in [-0.05, 0) is 43.7 Å². The van der Waals surface area contributed by atoms with Crippen LogP contribution >= 0.6 is 0 Å². The first-order chi connectivity index (χ1) is 11.5. The van der Waals surface area contributed by atoms with E-state index in [0.717, 1.165) is 6.07 Å². The number of hydrogen-bond acceptors (Lipinski definition) is 2. The third-order valence-corrected chi connectivity index (χ3v) is 2.86. The predicted molar refractivity (Wildman–Crippen MR) is 90.9 cm³/mol. The van der Waals surface area contributed by atoms with Crippen LogP contribution in [0.1, 0.15) is 25.0 Å². The van der Waals surface area contributed by atoms with Crippen LogP contribution in [0.4, 0.5) is 17.6 Å². The van der Waals surface area contributed by atoms with Gasteiger partial charge in [-0.25, -0.2) is 4.39 Å². The van der Waals surface area contributed by atoms with Crippen molar-refractivity contribution in [1.29, 1.82) is 0 Å². The van der Waals surface area contributed by atoms with Crippen LogP contribution in [-0.4, -0.2) is 6.36 Å². The van der Waals surface area contributed by atoms with E-state index in [1.807, 2.05) is 0 Å². The molecule has 0 atom stereocenters. The van der Waals surface area contributed by atoms with Gasteiger partial charge in [0.15, 0.2) is 11.6 Å². The fraction of sp³-hybridized carbons (Fsp3) is 0.158. The molecule has 6 heteroatoms. The summed E-state index contributed by atoms with van der Waals surface area (Å²) in [5, 5.41) is 0. The van der Waals surface area contributed by atoms with E-state index in [-0.39, 0.29) is 16.7 Å². The molecule has 132 valence electrons. The van der Waals surface area contributed by atoms with Gasteiger partial charge in [-0.3, -0.25) is 0 Å². The van der Waals surface area contributed by atoms with E-state index >= 15 is 0 Å². The van der Waals surface area contributed by atoms with Crippen molar-refractivity contribution < 1.29 is 22.3 Å². The van der Waals surface area contributed by atoms with Gasteiger partial charge in [-0.2, -0.15) is 0 Å². The normalized spacial score (nSPS) is 11.8. The van der Waals surface area contributed by atoms with Crippen LogP contribution in [0.2, 0.25) is 0 Å². The van der Waals surface area contributed by atoms with E-state index in [1.165, 1.54) is 13.0 Å². The molecule has 2 nitrogen and oxygen atoms in total.